The van der Waals surface area contributed by atoms with Gasteiger partial charge >= 0.3 is 0 Å². The van der Waals surface area contributed by atoms with Crippen molar-refractivity contribution >= 4 is 55.0 Å². The van der Waals surface area contributed by atoms with E-state index in [2.05, 4.69) is 26.5 Å². The first-order valence-electron chi connectivity index (χ1n) is 10.7. The number of nitrogens with zero attached hydrogens (tertiary/aromatic N) is 2. The second kappa shape index (κ2) is 12.2. The van der Waals surface area contributed by atoms with E-state index in [4.69, 9.17) is 4.74 Å². The van der Waals surface area contributed by atoms with Crippen LogP contribution in [0.3, 0.4) is 0 Å². The molecule has 3 aromatic carbocycles. The third kappa shape index (κ3) is 7.09. The van der Waals surface area contributed by atoms with Crippen LogP contribution in [-0.2, 0) is 14.8 Å². The van der Waals surface area contributed by atoms with Gasteiger partial charge in [-0.3, -0.25) is 9.10 Å². The van der Waals surface area contributed by atoms with Crippen LogP contribution in [0.2, 0.25) is 0 Å². The second-order valence-corrected chi connectivity index (χ2v) is 11.0. The molecule has 0 radical (unpaired) electrons. The van der Waals surface area contributed by atoms with Crippen molar-refractivity contribution in [1.29, 1.82) is 0 Å². The van der Waals surface area contributed by atoms with Gasteiger partial charge in [-0.15, -0.1) is 11.8 Å². The first-order valence-corrected chi connectivity index (χ1v) is 14.2. The van der Waals surface area contributed by atoms with Gasteiger partial charge in [0.1, 0.15) is 12.3 Å². The maximum atomic E-state index is 13.5. The van der Waals surface area contributed by atoms with Crippen LogP contribution in [0.15, 0.2) is 92.2 Å². The SMILES string of the molecule is CCOc1ccc(N(CC(=O)N/N=C(/C)c2ccc(Br)cc2)S(=O)(=O)c2ccc(SC)cc2)cc1. The average molecular weight is 577 g/mol. The third-order valence-corrected chi connectivity index (χ3v) is 8.04. The minimum Gasteiger partial charge on any atom is -0.494 e. The van der Waals surface area contributed by atoms with Crippen molar-refractivity contribution in [1.82, 2.24) is 5.43 Å². The van der Waals surface area contributed by atoms with Crippen LogP contribution in [0, 0.1) is 0 Å². The first kappa shape index (κ1) is 26.8. The summed E-state index contributed by atoms with van der Waals surface area (Å²) < 4.78 is 34.5. The Hall–Kier alpha value is -2.82. The highest BCUT2D eigenvalue weighted by Crippen LogP contribution is 2.27. The van der Waals surface area contributed by atoms with Gasteiger partial charge in [-0.05, 0) is 86.3 Å². The van der Waals surface area contributed by atoms with E-state index in [0.29, 0.717) is 23.8 Å². The average Bonchev–Trinajstić information content (AvgIpc) is 2.87. The van der Waals surface area contributed by atoms with Crippen molar-refractivity contribution < 1.29 is 17.9 Å². The number of thioether (sulfide) groups is 1. The highest BCUT2D eigenvalue weighted by atomic mass is 79.9. The van der Waals surface area contributed by atoms with Gasteiger partial charge in [0.25, 0.3) is 15.9 Å². The lowest BCUT2D eigenvalue weighted by molar-refractivity contribution is -0.119. The number of hydrogen-bond acceptors (Lipinski definition) is 6. The van der Waals surface area contributed by atoms with E-state index in [0.717, 1.165) is 19.2 Å². The quantitative estimate of drug-likeness (QED) is 0.201. The molecule has 7 nitrogen and oxygen atoms in total. The molecule has 1 N–H and O–H groups in total. The van der Waals surface area contributed by atoms with E-state index in [9.17, 15) is 13.2 Å². The molecule has 10 heteroatoms. The Morgan fingerprint density at radius 2 is 1.66 bits per heavy atom. The largest absolute Gasteiger partial charge is 0.494 e. The molecule has 1 amide bonds. The molecule has 0 aliphatic heterocycles. The number of nitrogens with one attached hydrogen (secondary N) is 1. The number of hydrazone groups is 1. The lowest BCUT2D eigenvalue weighted by Gasteiger charge is -2.24. The van der Waals surface area contributed by atoms with E-state index in [-0.39, 0.29) is 4.90 Å². The third-order valence-electron chi connectivity index (χ3n) is 4.98. The van der Waals surface area contributed by atoms with Gasteiger partial charge in [0, 0.05) is 9.37 Å². The van der Waals surface area contributed by atoms with Gasteiger partial charge in [-0.25, -0.2) is 13.8 Å². The highest BCUT2D eigenvalue weighted by Gasteiger charge is 2.27. The predicted molar refractivity (Wildman–Crippen MR) is 145 cm³/mol. The Kier molecular flexibility index (Phi) is 9.36. The van der Waals surface area contributed by atoms with Gasteiger partial charge in [0.05, 0.1) is 22.9 Å². The van der Waals surface area contributed by atoms with Crippen LogP contribution < -0.4 is 14.5 Å². The summed E-state index contributed by atoms with van der Waals surface area (Å²) >= 11 is 4.90. The summed E-state index contributed by atoms with van der Waals surface area (Å²) in [6.07, 6.45) is 1.91. The monoisotopic (exact) mass is 575 g/mol. The topological polar surface area (TPSA) is 88.1 Å². The summed E-state index contributed by atoms with van der Waals surface area (Å²) in [5.74, 6) is 0.0387. The van der Waals surface area contributed by atoms with Crippen LogP contribution in [0.25, 0.3) is 0 Å². The van der Waals surface area contributed by atoms with E-state index in [1.807, 2.05) is 37.4 Å². The molecule has 0 aliphatic carbocycles. The maximum absolute atomic E-state index is 13.5. The number of hydrogen-bond donors (Lipinski definition) is 1. The van der Waals surface area contributed by atoms with Crippen LogP contribution in [0.4, 0.5) is 5.69 Å². The van der Waals surface area contributed by atoms with Gasteiger partial charge in [0.15, 0.2) is 0 Å². The van der Waals surface area contributed by atoms with Crippen LogP contribution >= 0.6 is 27.7 Å². The predicted octanol–water partition coefficient (Wildman–Crippen LogP) is 5.31. The minimum atomic E-state index is -4.03. The smallest absolute Gasteiger partial charge is 0.264 e. The fraction of sp³-hybridized carbons (Fsp3) is 0.200. The minimum absolute atomic E-state index is 0.0894. The fourth-order valence-electron chi connectivity index (χ4n) is 3.13. The van der Waals surface area contributed by atoms with Crippen molar-refractivity contribution in [2.24, 2.45) is 5.10 Å². The Morgan fingerprint density at radius 1 is 1.03 bits per heavy atom. The molecular formula is C25H26BrN3O4S2. The molecule has 3 aromatic rings. The molecule has 184 valence electrons. The zero-order valence-electron chi connectivity index (χ0n) is 19.6. The number of anilines is 1. The fourth-order valence-corrected chi connectivity index (χ4v) is 5.23. The number of amides is 1. The first-order chi connectivity index (χ1) is 16.7. The number of ether oxygens (including phenoxy) is 1. The molecule has 0 atom stereocenters. The molecule has 0 heterocycles. The summed E-state index contributed by atoms with van der Waals surface area (Å²) in [5.41, 5.74) is 4.23. The molecule has 0 saturated heterocycles. The maximum Gasteiger partial charge on any atom is 0.264 e. The zero-order valence-corrected chi connectivity index (χ0v) is 22.8. The Labute approximate surface area is 218 Å². The van der Waals surface area contributed by atoms with Gasteiger partial charge in [-0.1, -0.05) is 28.1 Å². The molecular weight excluding hydrogens is 550 g/mol. The molecule has 0 aliphatic rings. The summed E-state index contributed by atoms with van der Waals surface area (Å²) in [6.45, 7) is 3.67. The Balaban J connectivity index is 1.87. The zero-order chi connectivity index (χ0) is 25.4. The van der Waals surface area contributed by atoms with Gasteiger partial charge in [-0.2, -0.15) is 5.10 Å². The molecule has 0 fully saturated rings. The number of benzene rings is 3. The Bertz CT molecular complexity index is 1280. The van der Waals surface area contributed by atoms with Crippen molar-refractivity contribution in [2.75, 3.05) is 23.7 Å². The molecule has 35 heavy (non-hydrogen) atoms. The molecule has 0 aromatic heterocycles. The molecule has 0 unspecified atom stereocenters. The molecule has 3 rings (SSSR count). The van der Waals surface area contributed by atoms with Crippen LogP contribution in [-0.4, -0.2) is 39.4 Å². The lowest BCUT2D eigenvalue weighted by atomic mass is 10.1. The lowest BCUT2D eigenvalue weighted by Crippen LogP contribution is -2.39. The summed E-state index contributed by atoms with van der Waals surface area (Å²) in [7, 11) is -4.03. The summed E-state index contributed by atoms with van der Waals surface area (Å²) in [4.78, 5) is 13.8. The number of carbonyl (C=O) groups excluding carboxylic acids is 1. The highest BCUT2D eigenvalue weighted by molar-refractivity contribution is 9.10. The van der Waals surface area contributed by atoms with E-state index < -0.39 is 22.5 Å². The van der Waals surface area contributed by atoms with Gasteiger partial charge < -0.3 is 4.74 Å². The van der Waals surface area contributed by atoms with Crippen molar-refractivity contribution in [2.45, 2.75) is 23.6 Å². The molecule has 0 saturated carbocycles. The van der Waals surface area contributed by atoms with E-state index in [1.54, 1.807) is 43.3 Å². The summed E-state index contributed by atoms with van der Waals surface area (Å²) in [6, 6.07) is 20.6. The Morgan fingerprint density at radius 3 is 2.23 bits per heavy atom. The number of rotatable bonds is 10. The second-order valence-electron chi connectivity index (χ2n) is 7.35. The number of carbonyl (C=O) groups is 1. The normalized spacial score (nSPS) is 11.7. The van der Waals surface area contributed by atoms with Crippen LogP contribution in [0.5, 0.6) is 5.75 Å². The number of sulfonamides is 1. The van der Waals surface area contributed by atoms with E-state index in [1.165, 1.54) is 23.9 Å². The van der Waals surface area contributed by atoms with Crippen LogP contribution in [0.1, 0.15) is 19.4 Å². The molecule has 0 spiro atoms. The number of halogens is 1. The van der Waals surface area contributed by atoms with Crippen molar-refractivity contribution in [3.8, 4) is 5.75 Å². The van der Waals surface area contributed by atoms with Gasteiger partial charge in [0.2, 0.25) is 0 Å². The summed E-state index contributed by atoms with van der Waals surface area (Å²) in [5, 5.41) is 4.14. The standard InChI is InChI=1S/C25H26BrN3O4S2/c1-4-33-22-11-9-21(10-12-22)29(35(31,32)24-15-13-23(34-3)14-16-24)17-25(30)28-27-18(2)19-5-7-20(26)8-6-19/h5-16H,4,17H2,1-3H3,(H,28,30)/b27-18-. The van der Waals surface area contributed by atoms with Crippen molar-refractivity contribution in [3.63, 3.8) is 0 Å². The van der Waals surface area contributed by atoms with E-state index >= 15 is 0 Å². The molecule has 0 bridgehead atoms. The van der Waals surface area contributed by atoms with Crippen molar-refractivity contribution in [3.05, 3.63) is 82.8 Å².